The van der Waals surface area contributed by atoms with E-state index < -0.39 is 0 Å². The van der Waals surface area contributed by atoms with Crippen LogP contribution in [-0.4, -0.2) is 10.9 Å². The van der Waals surface area contributed by atoms with E-state index in [1.807, 2.05) is 19.1 Å². The summed E-state index contributed by atoms with van der Waals surface area (Å²) in [6.45, 7) is 2.40. The molecule has 0 aliphatic rings. The Balaban J connectivity index is 2.13. The summed E-state index contributed by atoms with van der Waals surface area (Å²) in [5.74, 6) is -0.291. The molecule has 0 spiro atoms. The number of halogens is 1. The smallest absolute Gasteiger partial charge is 0.255 e. The number of carbonyl (C=O) groups is 1. The molecule has 1 amide bonds. The van der Waals surface area contributed by atoms with Crippen LogP contribution < -0.4 is 11.1 Å². The summed E-state index contributed by atoms with van der Waals surface area (Å²) in [5, 5.41) is 3.15. The molecule has 0 fully saturated rings. The number of aryl methyl sites for hydroxylation is 1. The molecule has 0 saturated carbocycles. The molecule has 20 heavy (non-hydrogen) atoms. The lowest BCUT2D eigenvalue weighted by atomic mass is 10.1. The fraction of sp³-hybridized carbons (Fsp3) is 0.200. The number of anilines is 1. The van der Waals surface area contributed by atoms with E-state index in [4.69, 9.17) is 17.3 Å². The molecule has 0 saturated heterocycles. The van der Waals surface area contributed by atoms with E-state index in [0.29, 0.717) is 22.8 Å². The molecule has 104 valence electrons. The Hall–Kier alpha value is -2.07. The van der Waals surface area contributed by atoms with Gasteiger partial charge in [0, 0.05) is 11.9 Å². The molecule has 2 aromatic rings. The van der Waals surface area contributed by atoms with Gasteiger partial charge < -0.3 is 11.1 Å². The lowest BCUT2D eigenvalue weighted by Gasteiger charge is -2.10. The maximum Gasteiger partial charge on any atom is 0.255 e. The van der Waals surface area contributed by atoms with Gasteiger partial charge in [-0.25, -0.2) is 0 Å². The van der Waals surface area contributed by atoms with Gasteiger partial charge in [0.15, 0.2) is 0 Å². The lowest BCUT2D eigenvalue weighted by molar-refractivity contribution is 0.0951. The van der Waals surface area contributed by atoms with E-state index in [-0.39, 0.29) is 5.91 Å². The molecular formula is C15H16ClN3O. The van der Waals surface area contributed by atoms with Crippen molar-refractivity contribution in [3.8, 4) is 0 Å². The lowest BCUT2D eigenvalue weighted by Crippen LogP contribution is -2.25. The monoisotopic (exact) mass is 289 g/mol. The zero-order valence-corrected chi connectivity index (χ0v) is 11.9. The molecule has 1 aromatic heterocycles. The van der Waals surface area contributed by atoms with Crippen molar-refractivity contribution >= 4 is 23.2 Å². The molecule has 1 heterocycles. The summed E-state index contributed by atoms with van der Waals surface area (Å²) < 4.78 is 0. The second-order valence-electron chi connectivity index (χ2n) is 4.35. The maximum absolute atomic E-state index is 12.2. The second-order valence-corrected chi connectivity index (χ2v) is 4.76. The highest BCUT2D eigenvalue weighted by atomic mass is 35.5. The highest BCUT2D eigenvalue weighted by molar-refractivity contribution is 6.34. The van der Waals surface area contributed by atoms with Crippen LogP contribution in [0.25, 0.3) is 0 Å². The minimum Gasteiger partial charge on any atom is -0.398 e. The fourth-order valence-electron chi connectivity index (χ4n) is 1.99. The minimum absolute atomic E-state index is 0.291. The van der Waals surface area contributed by atoms with Crippen LogP contribution in [0, 0.1) is 0 Å². The van der Waals surface area contributed by atoms with Gasteiger partial charge in [0.05, 0.1) is 22.8 Å². The summed E-state index contributed by atoms with van der Waals surface area (Å²) >= 11 is 6.01. The number of nitrogen functional groups attached to an aromatic ring is 1. The number of benzene rings is 1. The molecule has 0 atom stereocenters. The summed E-state index contributed by atoms with van der Waals surface area (Å²) in [5.41, 5.74) is 8.43. The number of carbonyl (C=O) groups excluding carboxylic acids is 1. The van der Waals surface area contributed by atoms with E-state index in [9.17, 15) is 4.79 Å². The average Bonchev–Trinajstić information content (AvgIpc) is 2.45. The molecule has 4 nitrogen and oxygen atoms in total. The van der Waals surface area contributed by atoms with Gasteiger partial charge in [0.2, 0.25) is 0 Å². The standard InChI is InChI=1S/C15H16ClN3O/c1-2-10-5-4-8-18-13(10)9-19-15(20)14-11(16)6-3-7-12(14)17/h3-8H,2,9,17H2,1H3,(H,19,20). The van der Waals surface area contributed by atoms with Crippen molar-refractivity contribution in [1.29, 1.82) is 0 Å². The Morgan fingerprint density at radius 2 is 2.15 bits per heavy atom. The minimum atomic E-state index is -0.291. The van der Waals surface area contributed by atoms with Crippen LogP contribution in [0.3, 0.4) is 0 Å². The number of hydrogen-bond donors (Lipinski definition) is 2. The van der Waals surface area contributed by atoms with Crippen molar-refractivity contribution in [2.75, 3.05) is 5.73 Å². The molecule has 0 unspecified atom stereocenters. The predicted molar refractivity (Wildman–Crippen MR) is 80.6 cm³/mol. The number of rotatable bonds is 4. The number of nitrogens with zero attached hydrogens (tertiary/aromatic N) is 1. The summed E-state index contributed by atoms with van der Waals surface area (Å²) in [7, 11) is 0. The van der Waals surface area contributed by atoms with Crippen molar-refractivity contribution in [3.05, 3.63) is 58.4 Å². The topological polar surface area (TPSA) is 68.0 Å². The molecule has 5 heteroatoms. The first kappa shape index (κ1) is 14.3. The summed E-state index contributed by atoms with van der Waals surface area (Å²) in [4.78, 5) is 16.4. The van der Waals surface area contributed by atoms with Crippen molar-refractivity contribution in [2.45, 2.75) is 19.9 Å². The van der Waals surface area contributed by atoms with Crippen LogP contribution in [0.1, 0.15) is 28.5 Å². The van der Waals surface area contributed by atoms with E-state index in [0.717, 1.165) is 17.7 Å². The number of aromatic nitrogens is 1. The Bertz CT molecular complexity index is 608. The quantitative estimate of drug-likeness (QED) is 0.851. The van der Waals surface area contributed by atoms with Crippen LogP contribution >= 0.6 is 11.6 Å². The van der Waals surface area contributed by atoms with Crippen LogP contribution in [0.5, 0.6) is 0 Å². The number of hydrogen-bond acceptors (Lipinski definition) is 3. The molecule has 1 aromatic carbocycles. The first-order chi connectivity index (χ1) is 9.63. The van der Waals surface area contributed by atoms with Crippen LogP contribution in [0.4, 0.5) is 5.69 Å². The Labute approximate surface area is 123 Å². The van der Waals surface area contributed by atoms with E-state index in [2.05, 4.69) is 10.3 Å². The third-order valence-corrected chi connectivity index (χ3v) is 3.37. The van der Waals surface area contributed by atoms with Crippen LogP contribution in [-0.2, 0) is 13.0 Å². The number of amides is 1. The van der Waals surface area contributed by atoms with Crippen molar-refractivity contribution in [2.24, 2.45) is 0 Å². The number of nitrogens with one attached hydrogen (secondary N) is 1. The predicted octanol–water partition coefficient (Wildman–Crippen LogP) is 2.81. The van der Waals surface area contributed by atoms with Crippen molar-refractivity contribution in [3.63, 3.8) is 0 Å². The van der Waals surface area contributed by atoms with E-state index in [1.54, 1.807) is 24.4 Å². The van der Waals surface area contributed by atoms with Crippen molar-refractivity contribution in [1.82, 2.24) is 10.3 Å². The zero-order chi connectivity index (χ0) is 14.5. The van der Waals surface area contributed by atoms with Gasteiger partial charge in [-0.2, -0.15) is 0 Å². The summed E-state index contributed by atoms with van der Waals surface area (Å²) in [6, 6.07) is 8.89. The molecular weight excluding hydrogens is 274 g/mol. The van der Waals surface area contributed by atoms with Gasteiger partial charge in [-0.15, -0.1) is 0 Å². The highest BCUT2D eigenvalue weighted by Gasteiger charge is 2.14. The van der Waals surface area contributed by atoms with Gasteiger partial charge in [-0.05, 0) is 30.2 Å². The SMILES string of the molecule is CCc1cccnc1CNC(=O)c1c(N)cccc1Cl. The van der Waals surface area contributed by atoms with E-state index in [1.165, 1.54) is 0 Å². The first-order valence-corrected chi connectivity index (χ1v) is 6.76. The van der Waals surface area contributed by atoms with Gasteiger partial charge in [-0.3, -0.25) is 9.78 Å². The molecule has 3 N–H and O–H groups in total. The van der Waals surface area contributed by atoms with Crippen LogP contribution in [0.15, 0.2) is 36.5 Å². The number of pyridine rings is 1. The van der Waals surface area contributed by atoms with Crippen molar-refractivity contribution < 1.29 is 4.79 Å². The zero-order valence-electron chi connectivity index (χ0n) is 11.2. The first-order valence-electron chi connectivity index (χ1n) is 6.38. The maximum atomic E-state index is 12.2. The van der Waals surface area contributed by atoms with E-state index >= 15 is 0 Å². The largest absolute Gasteiger partial charge is 0.398 e. The van der Waals surface area contributed by atoms with Gasteiger partial charge in [0.1, 0.15) is 0 Å². The third-order valence-electron chi connectivity index (χ3n) is 3.05. The van der Waals surface area contributed by atoms with Crippen LogP contribution in [0.2, 0.25) is 5.02 Å². The molecule has 2 rings (SSSR count). The van der Waals surface area contributed by atoms with Gasteiger partial charge in [-0.1, -0.05) is 30.7 Å². The molecule has 0 radical (unpaired) electrons. The molecule has 0 bridgehead atoms. The normalized spacial score (nSPS) is 10.3. The average molecular weight is 290 g/mol. The third kappa shape index (κ3) is 3.08. The molecule has 0 aliphatic heterocycles. The molecule has 0 aliphatic carbocycles. The summed E-state index contributed by atoms with van der Waals surface area (Å²) in [6.07, 6.45) is 2.58. The van der Waals surface area contributed by atoms with Gasteiger partial charge >= 0.3 is 0 Å². The second kappa shape index (κ2) is 6.39. The fourth-order valence-corrected chi connectivity index (χ4v) is 2.25. The van der Waals surface area contributed by atoms with Gasteiger partial charge in [0.25, 0.3) is 5.91 Å². The Morgan fingerprint density at radius 1 is 1.35 bits per heavy atom. The highest BCUT2D eigenvalue weighted by Crippen LogP contribution is 2.21. The number of nitrogens with two attached hydrogens (primary N) is 1. The Morgan fingerprint density at radius 3 is 2.85 bits per heavy atom. The Kier molecular flexibility index (Phi) is 4.58.